The Kier molecular flexibility index (Phi) is 8.72. The number of urea groups is 1. The first-order valence-electron chi connectivity index (χ1n) is 11.9. The van der Waals surface area contributed by atoms with E-state index in [0.717, 1.165) is 51.6 Å². The third kappa shape index (κ3) is 6.11. The fourth-order valence-electron chi connectivity index (χ4n) is 4.83. The van der Waals surface area contributed by atoms with Gasteiger partial charge in [0.15, 0.2) is 0 Å². The molecule has 180 valence electrons. The molecule has 32 heavy (non-hydrogen) atoms. The summed E-state index contributed by atoms with van der Waals surface area (Å²) in [6.45, 7) is 3.95. The minimum absolute atomic E-state index is 0.0395. The van der Waals surface area contributed by atoms with Crippen molar-refractivity contribution in [3.05, 3.63) is 0 Å². The number of carbonyl (C=O) groups excluding carboxylic acids is 4. The summed E-state index contributed by atoms with van der Waals surface area (Å²) in [5, 5.41) is 8.97. The van der Waals surface area contributed by atoms with Crippen LogP contribution in [0.25, 0.3) is 0 Å². The van der Waals surface area contributed by atoms with Crippen molar-refractivity contribution in [3.8, 4) is 0 Å². The summed E-state index contributed by atoms with van der Waals surface area (Å²) >= 11 is 0. The number of ether oxygens (including phenoxy) is 1. The van der Waals surface area contributed by atoms with Crippen LogP contribution < -0.4 is 16.0 Å². The molecule has 0 aromatic heterocycles. The molecular formula is C22H37N5O5. The SMILES string of the molecule is COC(=O)C(C)NC(=O)C1CN(C(=O)C2CCNCC2)CCN1C(=O)NC1CCCCC1. The zero-order valence-corrected chi connectivity index (χ0v) is 19.2. The molecule has 0 spiro atoms. The lowest BCUT2D eigenvalue weighted by Crippen LogP contribution is -2.65. The smallest absolute Gasteiger partial charge is 0.328 e. The van der Waals surface area contributed by atoms with E-state index >= 15 is 0 Å². The molecule has 0 bridgehead atoms. The van der Waals surface area contributed by atoms with Crippen LogP contribution >= 0.6 is 0 Å². The summed E-state index contributed by atoms with van der Waals surface area (Å²) in [6.07, 6.45) is 6.79. The molecule has 2 saturated heterocycles. The second-order valence-electron chi connectivity index (χ2n) is 9.06. The fraction of sp³-hybridized carbons (Fsp3) is 0.818. The molecule has 10 heteroatoms. The van der Waals surface area contributed by atoms with Crippen molar-refractivity contribution >= 4 is 23.8 Å². The van der Waals surface area contributed by atoms with Gasteiger partial charge in [-0.3, -0.25) is 9.59 Å². The second kappa shape index (κ2) is 11.5. The van der Waals surface area contributed by atoms with Crippen LogP contribution in [0.3, 0.4) is 0 Å². The zero-order valence-electron chi connectivity index (χ0n) is 19.2. The topological polar surface area (TPSA) is 120 Å². The summed E-state index contributed by atoms with van der Waals surface area (Å²) in [4.78, 5) is 54.2. The molecule has 0 radical (unpaired) electrons. The Morgan fingerprint density at radius 2 is 1.69 bits per heavy atom. The van der Waals surface area contributed by atoms with Gasteiger partial charge < -0.3 is 30.5 Å². The maximum Gasteiger partial charge on any atom is 0.328 e. The predicted octanol–water partition coefficient (Wildman–Crippen LogP) is 0.219. The number of nitrogens with zero attached hydrogens (tertiary/aromatic N) is 2. The van der Waals surface area contributed by atoms with Crippen LogP contribution in [-0.2, 0) is 19.1 Å². The number of esters is 1. The van der Waals surface area contributed by atoms with Gasteiger partial charge in [0, 0.05) is 25.0 Å². The molecule has 2 heterocycles. The number of rotatable bonds is 5. The lowest BCUT2D eigenvalue weighted by molar-refractivity contribution is -0.146. The van der Waals surface area contributed by atoms with Gasteiger partial charge in [-0.1, -0.05) is 19.3 Å². The summed E-state index contributed by atoms with van der Waals surface area (Å²) in [5.41, 5.74) is 0. The van der Waals surface area contributed by atoms with Crippen molar-refractivity contribution in [1.82, 2.24) is 25.8 Å². The molecule has 3 rings (SSSR count). The van der Waals surface area contributed by atoms with Crippen LogP contribution in [0.15, 0.2) is 0 Å². The highest BCUT2D eigenvalue weighted by Crippen LogP contribution is 2.21. The van der Waals surface area contributed by atoms with Crippen molar-refractivity contribution in [2.24, 2.45) is 5.92 Å². The van der Waals surface area contributed by atoms with E-state index in [1.165, 1.54) is 25.4 Å². The summed E-state index contributed by atoms with van der Waals surface area (Å²) in [6, 6.07) is -1.86. The van der Waals surface area contributed by atoms with Crippen LogP contribution in [0.5, 0.6) is 0 Å². The van der Waals surface area contributed by atoms with Crippen molar-refractivity contribution in [2.75, 3.05) is 39.8 Å². The molecule has 2 unspecified atom stereocenters. The minimum Gasteiger partial charge on any atom is -0.467 e. The van der Waals surface area contributed by atoms with E-state index in [-0.39, 0.29) is 37.0 Å². The monoisotopic (exact) mass is 451 g/mol. The third-order valence-corrected chi connectivity index (χ3v) is 6.79. The fourth-order valence-corrected chi connectivity index (χ4v) is 4.83. The maximum absolute atomic E-state index is 13.1. The van der Waals surface area contributed by atoms with Gasteiger partial charge in [-0.25, -0.2) is 9.59 Å². The molecule has 2 aliphatic heterocycles. The van der Waals surface area contributed by atoms with Crippen molar-refractivity contribution in [3.63, 3.8) is 0 Å². The van der Waals surface area contributed by atoms with Gasteiger partial charge >= 0.3 is 12.0 Å². The predicted molar refractivity (Wildman–Crippen MR) is 118 cm³/mol. The Balaban J connectivity index is 1.69. The van der Waals surface area contributed by atoms with E-state index in [0.29, 0.717) is 6.54 Å². The molecule has 0 aromatic rings. The molecule has 1 aliphatic carbocycles. The number of hydrogen-bond donors (Lipinski definition) is 3. The van der Waals surface area contributed by atoms with Gasteiger partial charge in [-0.2, -0.15) is 0 Å². The van der Waals surface area contributed by atoms with Crippen LogP contribution in [-0.4, -0.2) is 91.6 Å². The molecule has 3 N–H and O–H groups in total. The Bertz CT molecular complexity index is 690. The Labute approximate surface area is 189 Å². The van der Waals surface area contributed by atoms with Crippen LogP contribution in [0.2, 0.25) is 0 Å². The average Bonchev–Trinajstić information content (AvgIpc) is 2.83. The maximum atomic E-state index is 13.1. The normalized spacial score (nSPS) is 23.9. The van der Waals surface area contributed by atoms with Gasteiger partial charge in [-0.15, -0.1) is 0 Å². The number of amides is 4. The van der Waals surface area contributed by atoms with Crippen LogP contribution in [0, 0.1) is 5.92 Å². The van der Waals surface area contributed by atoms with E-state index in [1.807, 2.05) is 0 Å². The van der Waals surface area contributed by atoms with E-state index < -0.39 is 24.0 Å². The summed E-state index contributed by atoms with van der Waals surface area (Å²) in [5.74, 6) is -1.03. The number of methoxy groups -OCH3 is 1. The Morgan fingerprint density at radius 1 is 1.00 bits per heavy atom. The lowest BCUT2D eigenvalue weighted by atomic mass is 9.95. The van der Waals surface area contributed by atoms with Crippen molar-refractivity contribution in [1.29, 1.82) is 0 Å². The third-order valence-electron chi connectivity index (χ3n) is 6.79. The van der Waals surface area contributed by atoms with Crippen LogP contribution in [0.4, 0.5) is 4.79 Å². The summed E-state index contributed by atoms with van der Waals surface area (Å²) < 4.78 is 4.70. The lowest BCUT2D eigenvalue weighted by Gasteiger charge is -2.42. The number of piperazine rings is 1. The van der Waals surface area contributed by atoms with E-state index in [2.05, 4.69) is 16.0 Å². The van der Waals surface area contributed by atoms with Gasteiger partial charge in [0.25, 0.3) is 0 Å². The first kappa shape index (κ1) is 24.3. The summed E-state index contributed by atoms with van der Waals surface area (Å²) in [7, 11) is 1.26. The van der Waals surface area contributed by atoms with Gasteiger partial charge in [0.2, 0.25) is 11.8 Å². The second-order valence-corrected chi connectivity index (χ2v) is 9.06. The molecular weight excluding hydrogens is 414 g/mol. The highest BCUT2D eigenvalue weighted by atomic mass is 16.5. The average molecular weight is 452 g/mol. The Hall–Kier alpha value is -2.36. The molecule has 4 amide bonds. The zero-order chi connectivity index (χ0) is 23.1. The van der Waals surface area contributed by atoms with Gasteiger partial charge in [0.1, 0.15) is 12.1 Å². The molecule has 3 fully saturated rings. The number of carbonyl (C=O) groups is 4. The van der Waals surface area contributed by atoms with Crippen molar-refractivity contribution in [2.45, 2.75) is 70.0 Å². The van der Waals surface area contributed by atoms with Gasteiger partial charge in [0.05, 0.1) is 13.7 Å². The Morgan fingerprint density at radius 3 is 2.34 bits per heavy atom. The largest absolute Gasteiger partial charge is 0.467 e. The molecule has 2 atom stereocenters. The van der Waals surface area contributed by atoms with E-state index in [1.54, 1.807) is 4.90 Å². The molecule has 10 nitrogen and oxygen atoms in total. The molecule has 0 aromatic carbocycles. The molecule has 3 aliphatic rings. The van der Waals surface area contributed by atoms with E-state index in [9.17, 15) is 19.2 Å². The highest BCUT2D eigenvalue weighted by Gasteiger charge is 2.40. The molecule has 1 saturated carbocycles. The first-order valence-corrected chi connectivity index (χ1v) is 11.9. The standard InChI is InChI=1S/C22H37N5O5/c1-15(21(30)32-2)24-19(28)18-14-26(20(29)16-8-10-23-11-9-16)12-13-27(18)22(31)25-17-6-4-3-5-7-17/h15-18,23H,3-14H2,1-2H3,(H,24,28)(H,25,31). The number of hydrogen-bond acceptors (Lipinski definition) is 6. The minimum atomic E-state index is -0.856. The number of nitrogens with one attached hydrogen (secondary N) is 3. The van der Waals surface area contributed by atoms with Crippen molar-refractivity contribution < 1.29 is 23.9 Å². The van der Waals surface area contributed by atoms with E-state index in [4.69, 9.17) is 4.74 Å². The van der Waals surface area contributed by atoms with Gasteiger partial charge in [-0.05, 0) is 45.7 Å². The quantitative estimate of drug-likeness (QED) is 0.515. The first-order chi connectivity index (χ1) is 15.4. The number of piperidine rings is 1. The highest BCUT2D eigenvalue weighted by molar-refractivity contribution is 5.91. The van der Waals surface area contributed by atoms with Crippen LogP contribution in [0.1, 0.15) is 51.9 Å².